The van der Waals surface area contributed by atoms with Gasteiger partial charge in [-0.05, 0) is 30.2 Å². The molecule has 0 saturated carbocycles. The van der Waals surface area contributed by atoms with Crippen molar-refractivity contribution in [1.82, 2.24) is 19.7 Å². The molecule has 2 heterocycles. The van der Waals surface area contributed by atoms with Gasteiger partial charge < -0.3 is 9.88 Å². The SMILES string of the molecule is CCc1ccccc1NC(=O)CSc1nnc(-c2ccncc2)n1C. The van der Waals surface area contributed by atoms with Gasteiger partial charge in [0.05, 0.1) is 5.75 Å². The summed E-state index contributed by atoms with van der Waals surface area (Å²) in [6.07, 6.45) is 4.31. The van der Waals surface area contributed by atoms with Crippen LogP contribution in [0.25, 0.3) is 11.4 Å². The summed E-state index contributed by atoms with van der Waals surface area (Å²) < 4.78 is 1.88. The smallest absolute Gasteiger partial charge is 0.234 e. The first kappa shape index (κ1) is 17.2. The number of anilines is 1. The van der Waals surface area contributed by atoms with E-state index in [9.17, 15) is 4.79 Å². The summed E-state index contributed by atoms with van der Waals surface area (Å²) >= 11 is 1.37. The van der Waals surface area contributed by atoms with Crippen molar-refractivity contribution < 1.29 is 4.79 Å². The molecule has 128 valence electrons. The van der Waals surface area contributed by atoms with Gasteiger partial charge in [-0.3, -0.25) is 9.78 Å². The van der Waals surface area contributed by atoms with Gasteiger partial charge in [0.15, 0.2) is 11.0 Å². The molecule has 0 bridgehead atoms. The van der Waals surface area contributed by atoms with Crippen LogP contribution in [0.4, 0.5) is 5.69 Å². The normalized spacial score (nSPS) is 10.6. The van der Waals surface area contributed by atoms with E-state index in [4.69, 9.17) is 0 Å². The predicted molar refractivity (Wildman–Crippen MR) is 99.4 cm³/mol. The van der Waals surface area contributed by atoms with Crippen LogP contribution in [0.2, 0.25) is 0 Å². The van der Waals surface area contributed by atoms with Gasteiger partial charge in [0.1, 0.15) is 0 Å². The van der Waals surface area contributed by atoms with Crippen LogP contribution in [0, 0.1) is 0 Å². The molecule has 2 aromatic heterocycles. The summed E-state index contributed by atoms with van der Waals surface area (Å²) in [5.74, 6) is 0.974. The Balaban J connectivity index is 1.64. The third-order valence-corrected chi connectivity index (χ3v) is 4.80. The number of carbonyl (C=O) groups excluding carboxylic acids is 1. The maximum atomic E-state index is 12.2. The largest absolute Gasteiger partial charge is 0.325 e. The third-order valence-electron chi connectivity index (χ3n) is 3.78. The van der Waals surface area contributed by atoms with Gasteiger partial charge >= 0.3 is 0 Å². The van der Waals surface area contributed by atoms with Crippen LogP contribution in [-0.2, 0) is 18.3 Å². The van der Waals surface area contributed by atoms with Crippen molar-refractivity contribution in [3.63, 3.8) is 0 Å². The molecular formula is C18H19N5OS. The first-order chi connectivity index (χ1) is 12.2. The van der Waals surface area contributed by atoms with Crippen LogP contribution < -0.4 is 5.32 Å². The van der Waals surface area contributed by atoms with Gasteiger partial charge in [-0.2, -0.15) is 0 Å². The van der Waals surface area contributed by atoms with E-state index in [0.717, 1.165) is 29.1 Å². The Bertz CT molecular complexity index is 863. The standard InChI is InChI=1S/C18H19N5OS/c1-3-13-6-4-5-7-15(13)20-16(24)12-25-18-22-21-17(23(18)2)14-8-10-19-11-9-14/h4-11H,3,12H2,1-2H3,(H,20,24). The second kappa shape index (κ2) is 7.94. The Morgan fingerprint density at radius 1 is 1.16 bits per heavy atom. The minimum atomic E-state index is -0.0561. The van der Waals surface area contributed by atoms with Crippen LogP contribution in [0.1, 0.15) is 12.5 Å². The average molecular weight is 353 g/mol. The molecule has 3 aromatic rings. The second-order valence-corrected chi connectivity index (χ2v) is 6.39. The monoisotopic (exact) mass is 353 g/mol. The summed E-state index contributed by atoms with van der Waals surface area (Å²) in [4.78, 5) is 16.2. The summed E-state index contributed by atoms with van der Waals surface area (Å²) in [6.45, 7) is 2.07. The summed E-state index contributed by atoms with van der Waals surface area (Å²) in [5.41, 5.74) is 2.93. The van der Waals surface area contributed by atoms with Gasteiger partial charge in [0, 0.05) is 30.7 Å². The number of hydrogen-bond donors (Lipinski definition) is 1. The van der Waals surface area contributed by atoms with Crippen LogP contribution >= 0.6 is 11.8 Å². The number of nitrogens with one attached hydrogen (secondary N) is 1. The fourth-order valence-electron chi connectivity index (χ4n) is 2.46. The van der Waals surface area contributed by atoms with E-state index >= 15 is 0 Å². The van der Waals surface area contributed by atoms with Crippen LogP contribution in [0.15, 0.2) is 53.9 Å². The molecule has 0 fully saturated rings. The van der Waals surface area contributed by atoms with Crippen molar-refractivity contribution >= 4 is 23.4 Å². The molecule has 7 heteroatoms. The number of aromatic nitrogens is 4. The number of pyridine rings is 1. The maximum Gasteiger partial charge on any atom is 0.234 e. The predicted octanol–water partition coefficient (Wildman–Crippen LogP) is 3.17. The molecule has 0 spiro atoms. The lowest BCUT2D eigenvalue weighted by Gasteiger charge is -2.09. The van der Waals surface area contributed by atoms with Crippen molar-refractivity contribution in [2.24, 2.45) is 7.05 Å². The molecule has 0 aliphatic rings. The van der Waals surface area contributed by atoms with E-state index in [1.54, 1.807) is 12.4 Å². The van der Waals surface area contributed by atoms with E-state index in [1.165, 1.54) is 11.8 Å². The van der Waals surface area contributed by atoms with Gasteiger partial charge in [0.25, 0.3) is 0 Å². The molecule has 0 aliphatic heterocycles. The van der Waals surface area contributed by atoms with Crippen molar-refractivity contribution in [3.8, 4) is 11.4 Å². The third kappa shape index (κ3) is 4.06. The Morgan fingerprint density at radius 2 is 1.92 bits per heavy atom. The van der Waals surface area contributed by atoms with E-state index in [2.05, 4.69) is 27.4 Å². The van der Waals surface area contributed by atoms with Crippen LogP contribution in [-0.4, -0.2) is 31.4 Å². The minimum Gasteiger partial charge on any atom is -0.325 e. The molecule has 25 heavy (non-hydrogen) atoms. The Hall–Kier alpha value is -2.67. The van der Waals surface area contributed by atoms with Crippen molar-refractivity contribution in [1.29, 1.82) is 0 Å². The highest BCUT2D eigenvalue weighted by Crippen LogP contribution is 2.22. The molecule has 1 aromatic carbocycles. The fourth-order valence-corrected chi connectivity index (χ4v) is 3.17. The van der Waals surface area contributed by atoms with E-state index < -0.39 is 0 Å². The number of thioether (sulfide) groups is 1. The lowest BCUT2D eigenvalue weighted by Crippen LogP contribution is -2.15. The Morgan fingerprint density at radius 3 is 2.68 bits per heavy atom. The number of benzene rings is 1. The van der Waals surface area contributed by atoms with Gasteiger partial charge in [-0.1, -0.05) is 36.9 Å². The average Bonchev–Trinajstić information content (AvgIpc) is 3.02. The Kier molecular flexibility index (Phi) is 5.45. The number of nitrogens with zero attached hydrogens (tertiary/aromatic N) is 4. The molecule has 0 aliphatic carbocycles. The molecule has 0 radical (unpaired) electrons. The number of para-hydroxylation sites is 1. The molecule has 0 atom stereocenters. The number of rotatable bonds is 6. The molecular weight excluding hydrogens is 334 g/mol. The highest BCUT2D eigenvalue weighted by molar-refractivity contribution is 7.99. The number of aryl methyl sites for hydroxylation is 1. The Labute approximate surface area is 150 Å². The second-order valence-electron chi connectivity index (χ2n) is 5.45. The summed E-state index contributed by atoms with van der Waals surface area (Å²) in [6, 6.07) is 11.6. The van der Waals surface area contributed by atoms with Crippen molar-refractivity contribution in [2.45, 2.75) is 18.5 Å². The summed E-state index contributed by atoms with van der Waals surface area (Å²) in [5, 5.41) is 12.1. The molecule has 0 unspecified atom stereocenters. The first-order valence-corrected chi connectivity index (χ1v) is 8.98. The fraction of sp³-hybridized carbons (Fsp3) is 0.222. The van der Waals surface area contributed by atoms with E-state index in [-0.39, 0.29) is 11.7 Å². The number of hydrogen-bond acceptors (Lipinski definition) is 5. The summed E-state index contributed by atoms with van der Waals surface area (Å²) in [7, 11) is 1.89. The van der Waals surface area contributed by atoms with Gasteiger partial charge in [0.2, 0.25) is 5.91 Å². The lowest BCUT2D eigenvalue weighted by atomic mass is 10.1. The quantitative estimate of drug-likeness (QED) is 0.689. The zero-order valence-electron chi connectivity index (χ0n) is 14.1. The molecule has 6 nitrogen and oxygen atoms in total. The van der Waals surface area contributed by atoms with Gasteiger partial charge in [-0.15, -0.1) is 10.2 Å². The lowest BCUT2D eigenvalue weighted by molar-refractivity contribution is -0.113. The molecule has 1 N–H and O–H groups in total. The van der Waals surface area contributed by atoms with Crippen LogP contribution in [0.3, 0.4) is 0 Å². The molecule has 0 saturated heterocycles. The van der Waals surface area contributed by atoms with E-state index in [1.807, 2.05) is 48.0 Å². The zero-order valence-corrected chi connectivity index (χ0v) is 15.0. The zero-order chi connectivity index (χ0) is 17.6. The maximum absolute atomic E-state index is 12.2. The number of carbonyl (C=O) groups is 1. The minimum absolute atomic E-state index is 0.0561. The molecule has 3 rings (SSSR count). The van der Waals surface area contributed by atoms with Crippen molar-refractivity contribution in [3.05, 3.63) is 54.4 Å². The first-order valence-electron chi connectivity index (χ1n) is 7.99. The van der Waals surface area contributed by atoms with E-state index in [0.29, 0.717) is 5.16 Å². The van der Waals surface area contributed by atoms with Crippen LogP contribution in [0.5, 0.6) is 0 Å². The number of amides is 1. The van der Waals surface area contributed by atoms with Crippen molar-refractivity contribution in [2.75, 3.05) is 11.1 Å². The van der Waals surface area contributed by atoms with Gasteiger partial charge in [-0.25, -0.2) is 0 Å². The highest BCUT2D eigenvalue weighted by atomic mass is 32.2. The highest BCUT2D eigenvalue weighted by Gasteiger charge is 2.13. The topological polar surface area (TPSA) is 72.7 Å². The molecule has 1 amide bonds.